The van der Waals surface area contributed by atoms with Crippen LogP contribution in [0.3, 0.4) is 0 Å². The van der Waals surface area contributed by atoms with Gasteiger partial charge in [-0.25, -0.2) is 4.39 Å². The maximum atomic E-state index is 13.4. The standard InChI is InChI=1S/C14H19ClFNO/c1-3-13(17)5-11-4-12(16)7-14(6-11)18-9-10(2)8-15/h4,6-8,13H,3,5,9,17H2,1-2H3/b10-8+. The number of hydrogen-bond donors (Lipinski definition) is 1. The van der Waals surface area contributed by atoms with Gasteiger partial charge in [0.15, 0.2) is 0 Å². The largest absolute Gasteiger partial charge is 0.489 e. The first-order chi connectivity index (χ1) is 8.55. The van der Waals surface area contributed by atoms with Gasteiger partial charge in [-0.15, -0.1) is 0 Å². The third-order valence-corrected chi connectivity index (χ3v) is 2.98. The Morgan fingerprint density at radius 1 is 1.50 bits per heavy atom. The second-order valence-electron chi connectivity index (χ2n) is 4.41. The van der Waals surface area contributed by atoms with Crippen molar-refractivity contribution in [1.82, 2.24) is 0 Å². The summed E-state index contributed by atoms with van der Waals surface area (Å²) >= 11 is 5.54. The van der Waals surface area contributed by atoms with Crippen LogP contribution in [0.5, 0.6) is 5.75 Å². The van der Waals surface area contributed by atoms with Gasteiger partial charge in [0.1, 0.15) is 18.2 Å². The third kappa shape index (κ3) is 5.07. The fraction of sp³-hybridized carbons (Fsp3) is 0.429. The van der Waals surface area contributed by atoms with E-state index in [0.29, 0.717) is 18.8 Å². The van der Waals surface area contributed by atoms with Gasteiger partial charge in [0.25, 0.3) is 0 Å². The highest BCUT2D eigenvalue weighted by Crippen LogP contribution is 2.18. The minimum atomic E-state index is -0.307. The molecule has 0 aliphatic rings. The van der Waals surface area contributed by atoms with Crippen molar-refractivity contribution in [2.75, 3.05) is 6.61 Å². The van der Waals surface area contributed by atoms with Crippen LogP contribution in [0.15, 0.2) is 29.3 Å². The number of hydrogen-bond acceptors (Lipinski definition) is 2. The molecule has 0 aliphatic heterocycles. The van der Waals surface area contributed by atoms with Crippen LogP contribution in [0, 0.1) is 5.82 Å². The summed E-state index contributed by atoms with van der Waals surface area (Å²) in [5, 5.41) is 0. The summed E-state index contributed by atoms with van der Waals surface area (Å²) < 4.78 is 18.9. The second kappa shape index (κ2) is 7.39. The SMILES string of the molecule is CCC(N)Cc1cc(F)cc(OC/C(C)=C/Cl)c1. The first kappa shape index (κ1) is 15.0. The molecule has 0 spiro atoms. The molecular formula is C14H19ClFNO. The van der Waals surface area contributed by atoms with E-state index in [2.05, 4.69) is 0 Å². The number of benzene rings is 1. The molecule has 1 aromatic rings. The summed E-state index contributed by atoms with van der Waals surface area (Å²) in [7, 11) is 0. The van der Waals surface area contributed by atoms with E-state index in [1.807, 2.05) is 19.9 Å². The molecule has 1 aromatic carbocycles. The Hall–Kier alpha value is -1.06. The minimum absolute atomic E-state index is 0.0455. The van der Waals surface area contributed by atoms with Crippen molar-refractivity contribution in [3.05, 3.63) is 40.7 Å². The monoisotopic (exact) mass is 271 g/mol. The molecule has 0 radical (unpaired) electrons. The minimum Gasteiger partial charge on any atom is -0.489 e. The van der Waals surface area contributed by atoms with Crippen LogP contribution in [0.4, 0.5) is 4.39 Å². The van der Waals surface area contributed by atoms with Gasteiger partial charge >= 0.3 is 0 Å². The van der Waals surface area contributed by atoms with Crippen LogP contribution in [-0.2, 0) is 6.42 Å². The summed E-state index contributed by atoms with van der Waals surface area (Å²) in [6, 6.07) is 4.72. The molecule has 1 atom stereocenters. The van der Waals surface area contributed by atoms with Crippen molar-refractivity contribution in [3.63, 3.8) is 0 Å². The first-order valence-electron chi connectivity index (χ1n) is 5.98. The second-order valence-corrected chi connectivity index (χ2v) is 4.63. The maximum Gasteiger partial charge on any atom is 0.127 e. The normalized spacial score (nSPS) is 13.5. The molecule has 1 rings (SSSR count). The van der Waals surface area contributed by atoms with Crippen molar-refractivity contribution in [1.29, 1.82) is 0 Å². The lowest BCUT2D eigenvalue weighted by molar-refractivity contribution is 0.349. The van der Waals surface area contributed by atoms with E-state index in [0.717, 1.165) is 17.6 Å². The number of ether oxygens (including phenoxy) is 1. The summed E-state index contributed by atoms with van der Waals surface area (Å²) in [6.07, 6.45) is 1.51. The van der Waals surface area contributed by atoms with Gasteiger partial charge in [-0.1, -0.05) is 18.5 Å². The van der Waals surface area contributed by atoms with E-state index in [4.69, 9.17) is 22.1 Å². The van der Waals surface area contributed by atoms with E-state index in [-0.39, 0.29) is 11.9 Å². The Labute approximate surface area is 113 Å². The summed E-state index contributed by atoms with van der Waals surface area (Å²) in [5.41, 5.74) is 9.05. The lowest BCUT2D eigenvalue weighted by Crippen LogP contribution is -2.21. The van der Waals surface area contributed by atoms with Crippen LogP contribution in [0.25, 0.3) is 0 Å². The average Bonchev–Trinajstić information content (AvgIpc) is 2.35. The molecule has 1 unspecified atom stereocenters. The molecule has 0 fully saturated rings. The zero-order chi connectivity index (χ0) is 13.5. The first-order valence-corrected chi connectivity index (χ1v) is 6.42. The quantitative estimate of drug-likeness (QED) is 0.858. The fourth-order valence-electron chi connectivity index (χ4n) is 1.50. The average molecular weight is 272 g/mol. The smallest absolute Gasteiger partial charge is 0.127 e. The molecule has 0 saturated carbocycles. The van der Waals surface area contributed by atoms with Gasteiger partial charge in [-0.05, 0) is 43.0 Å². The van der Waals surface area contributed by atoms with Crippen LogP contribution < -0.4 is 10.5 Å². The van der Waals surface area contributed by atoms with E-state index < -0.39 is 0 Å². The van der Waals surface area contributed by atoms with Gasteiger partial charge in [0, 0.05) is 17.6 Å². The predicted octanol–water partition coefficient (Wildman–Crippen LogP) is 3.63. The molecule has 100 valence electrons. The maximum absolute atomic E-state index is 13.4. The van der Waals surface area contributed by atoms with Crippen molar-refractivity contribution in [2.24, 2.45) is 5.73 Å². The van der Waals surface area contributed by atoms with Crippen LogP contribution in [0.1, 0.15) is 25.8 Å². The highest BCUT2D eigenvalue weighted by Gasteiger charge is 2.06. The van der Waals surface area contributed by atoms with E-state index >= 15 is 0 Å². The van der Waals surface area contributed by atoms with Gasteiger partial charge < -0.3 is 10.5 Å². The highest BCUT2D eigenvalue weighted by atomic mass is 35.5. The Morgan fingerprint density at radius 2 is 2.22 bits per heavy atom. The third-order valence-electron chi connectivity index (χ3n) is 2.61. The summed E-state index contributed by atoms with van der Waals surface area (Å²) in [5.74, 6) is 0.199. The summed E-state index contributed by atoms with van der Waals surface area (Å²) in [4.78, 5) is 0. The molecule has 0 aliphatic carbocycles. The molecule has 0 amide bonds. The van der Waals surface area contributed by atoms with Crippen molar-refractivity contribution >= 4 is 11.6 Å². The van der Waals surface area contributed by atoms with Crippen LogP contribution in [-0.4, -0.2) is 12.6 Å². The van der Waals surface area contributed by atoms with Gasteiger partial charge in [0.05, 0.1) is 0 Å². The highest BCUT2D eigenvalue weighted by molar-refractivity contribution is 6.25. The zero-order valence-electron chi connectivity index (χ0n) is 10.7. The van der Waals surface area contributed by atoms with E-state index in [9.17, 15) is 4.39 Å². The Morgan fingerprint density at radius 3 is 2.83 bits per heavy atom. The molecular weight excluding hydrogens is 253 g/mol. The van der Waals surface area contributed by atoms with Gasteiger partial charge in [-0.2, -0.15) is 0 Å². The molecule has 4 heteroatoms. The number of rotatable bonds is 6. The van der Waals surface area contributed by atoms with Crippen molar-refractivity contribution in [2.45, 2.75) is 32.7 Å². The predicted molar refractivity (Wildman–Crippen MR) is 73.5 cm³/mol. The molecule has 0 aromatic heterocycles. The van der Waals surface area contributed by atoms with E-state index in [1.54, 1.807) is 0 Å². The van der Waals surface area contributed by atoms with Crippen molar-refractivity contribution < 1.29 is 9.13 Å². The lowest BCUT2D eigenvalue weighted by Gasteiger charge is -2.11. The topological polar surface area (TPSA) is 35.2 Å². The Balaban J connectivity index is 2.74. The lowest BCUT2D eigenvalue weighted by atomic mass is 10.0. The summed E-state index contributed by atoms with van der Waals surface area (Å²) in [6.45, 7) is 4.21. The Bertz CT molecular complexity index is 420. The molecule has 2 N–H and O–H groups in total. The molecule has 0 bridgehead atoms. The fourth-order valence-corrected chi connectivity index (χ4v) is 1.56. The molecule has 0 heterocycles. The van der Waals surface area contributed by atoms with Gasteiger partial charge in [0.2, 0.25) is 0 Å². The van der Waals surface area contributed by atoms with Crippen LogP contribution >= 0.6 is 11.6 Å². The Kier molecular flexibility index (Phi) is 6.16. The molecule has 18 heavy (non-hydrogen) atoms. The zero-order valence-corrected chi connectivity index (χ0v) is 11.5. The number of nitrogens with two attached hydrogens (primary N) is 1. The van der Waals surface area contributed by atoms with E-state index in [1.165, 1.54) is 17.7 Å². The molecule has 2 nitrogen and oxygen atoms in total. The molecule has 0 saturated heterocycles. The van der Waals surface area contributed by atoms with Gasteiger partial charge in [-0.3, -0.25) is 0 Å². The van der Waals surface area contributed by atoms with Crippen LogP contribution in [0.2, 0.25) is 0 Å². The van der Waals surface area contributed by atoms with Crippen molar-refractivity contribution in [3.8, 4) is 5.75 Å². The number of halogens is 2.